The molecule has 0 aliphatic carbocycles. The van der Waals surface area contributed by atoms with Crippen LogP contribution in [0.2, 0.25) is 0 Å². The third-order valence-electron chi connectivity index (χ3n) is 3.98. The van der Waals surface area contributed by atoms with Gasteiger partial charge in [-0.1, -0.05) is 49.0 Å². The van der Waals surface area contributed by atoms with E-state index in [2.05, 4.69) is 11.9 Å². The highest BCUT2D eigenvalue weighted by atomic mass is 32.2. The van der Waals surface area contributed by atoms with Gasteiger partial charge in [-0.25, -0.2) is 4.98 Å². The van der Waals surface area contributed by atoms with E-state index in [-0.39, 0.29) is 17.3 Å². The van der Waals surface area contributed by atoms with E-state index in [0.29, 0.717) is 17.0 Å². The summed E-state index contributed by atoms with van der Waals surface area (Å²) in [5, 5.41) is 0.957. The lowest BCUT2D eigenvalue weighted by molar-refractivity contribution is -0.137. The topological polar surface area (TPSA) is 61.2 Å². The second-order valence-corrected chi connectivity index (χ2v) is 8.25. The van der Waals surface area contributed by atoms with Gasteiger partial charge in [-0.2, -0.15) is 0 Å². The van der Waals surface area contributed by atoms with Crippen LogP contribution < -0.4 is 5.56 Å². The van der Waals surface area contributed by atoms with E-state index < -0.39 is 0 Å². The number of ether oxygens (including phenoxy) is 1. The van der Waals surface area contributed by atoms with Gasteiger partial charge in [0.05, 0.1) is 23.5 Å². The lowest BCUT2D eigenvalue weighted by atomic mass is 10.1. The average Bonchev–Trinajstić information content (AvgIpc) is 3.00. The molecular formula is C18H20N2O3S2. The van der Waals surface area contributed by atoms with Gasteiger partial charge >= 0.3 is 5.97 Å². The van der Waals surface area contributed by atoms with Gasteiger partial charge in [0.1, 0.15) is 0 Å². The maximum absolute atomic E-state index is 12.9. The highest BCUT2D eigenvalue weighted by Crippen LogP contribution is 2.34. The molecule has 1 aromatic heterocycles. The molecule has 1 aromatic carbocycles. The van der Waals surface area contributed by atoms with Crippen molar-refractivity contribution < 1.29 is 9.53 Å². The lowest BCUT2D eigenvalue weighted by Gasteiger charge is -2.13. The Kier molecular flexibility index (Phi) is 5.86. The summed E-state index contributed by atoms with van der Waals surface area (Å²) >= 11 is 2.86. The van der Waals surface area contributed by atoms with Crippen LogP contribution in [0.1, 0.15) is 18.2 Å². The Morgan fingerprint density at radius 1 is 1.40 bits per heavy atom. The molecule has 0 N–H and O–H groups in total. The summed E-state index contributed by atoms with van der Waals surface area (Å²) in [4.78, 5) is 29.9. The molecule has 1 unspecified atom stereocenters. The van der Waals surface area contributed by atoms with Crippen LogP contribution in [0.3, 0.4) is 0 Å². The minimum atomic E-state index is -0.322. The minimum Gasteiger partial charge on any atom is -0.468 e. The van der Waals surface area contributed by atoms with Crippen LogP contribution in [-0.2, 0) is 28.9 Å². The number of fused-ring (bicyclic) bond motifs is 1. The molecule has 5 nitrogen and oxygen atoms in total. The maximum Gasteiger partial charge on any atom is 0.316 e. The predicted molar refractivity (Wildman–Crippen MR) is 100 cm³/mol. The van der Waals surface area contributed by atoms with Crippen LogP contribution in [-0.4, -0.2) is 33.6 Å². The highest BCUT2D eigenvalue weighted by molar-refractivity contribution is 8.00. The normalized spacial score (nSPS) is 15.8. The van der Waals surface area contributed by atoms with Crippen molar-refractivity contribution in [1.29, 1.82) is 0 Å². The Morgan fingerprint density at radius 2 is 2.16 bits per heavy atom. The fourth-order valence-electron chi connectivity index (χ4n) is 2.71. The summed E-state index contributed by atoms with van der Waals surface area (Å²) in [7, 11) is 1.36. The fourth-order valence-corrected chi connectivity index (χ4v) is 4.70. The predicted octanol–water partition coefficient (Wildman–Crippen LogP) is 2.79. The summed E-state index contributed by atoms with van der Waals surface area (Å²) < 4.78 is 6.40. The summed E-state index contributed by atoms with van der Waals surface area (Å²) in [5.41, 5.74) is 2.02. The Balaban J connectivity index is 1.89. The van der Waals surface area contributed by atoms with Crippen LogP contribution >= 0.6 is 23.5 Å². The number of nitrogens with zero attached hydrogens (tertiary/aromatic N) is 2. The van der Waals surface area contributed by atoms with Gasteiger partial charge < -0.3 is 4.74 Å². The van der Waals surface area contributed by atoms with Gasteiger partial charge in [-0.05, 0) is 12.0 Å². The van der Waals surface area contributed by atoms with E-state index in [4.69, 9.17) is 4.74 Å². The van der Waals surface area contributed by atoms with E-state index in [0.717, 1.165) is 23.4 Å². The molecule has 0 bridgehead atoms. The van der Waals surface area contributed by atoms with Gasteiger partial charge in [-0.3, -0.25) is 14.2 Å². The second-order valence-electron chi connectivity index (χ2n) is 5.86. The van der Waals surface area contributed by atoms with Crippen molar-refractivity contribution in [3.05, 3.63) is 51.9 Å². The number of esters is 1. The molecule has 0 fully saturated rings. The third-order valence-corrected chi connectivity index (χ3v) is 6.14. The quantitative estimate of drug-likeness (QED) is 0.439. The van der Waals surface area contributed by atoms with Crippen molar-refractivity contribution in [2.24, 2.45) is 0 Å². The molecule has 2 heterocycles. The monoisotopic (exact) mass is 376 g/mol. The Bertz CT molecular complexity index is 821. The lowest BCUT2D eigenvalue weighted by Crippen LogP contribution is -2.26. The zero-order chi connectivity index (χ0) is 17.8. The SMILES string of the molecule is COC(=O)CSc1nc2c(c(=O)n1CCc1ccccc1)SC(C)C2. The number of carbonyl (C=O) groups excluding carboxylic acids is 1. The Hall–Kier alpha value is -1.73. The van der Waals surface area contributed by atoms with Gasteiger partial charge in [-0.15, -0.1) is 11.8 Å². The van der Waals surface area contributed by atoms with Crippen LogP contribution in [0.5, 0.6) is 0 Å². The van der Waals surface area contributed by atoms with Crippen LogP contribution in [0.25, 0.3) is 0 Å². The van der Waals surface area contributed by atoms with Gasteiger partial charge in [0.25, 0.3) is 5.56 Å². The van der Waals surface area contributed by atoms with E-state index >= 15 is 0 Å². The van der Waals surface area contributed by atoms with E-state index in [9.17, 15) is 9.59 Å². The number of rotatable bonds is 6. The average molecular weight is 377 g/mol. The summed E-state index contributed by atoms with van der Waals surface area (Å²) in [6.45, 7) is 2.64. The van der Waals surface area contributed by atoms with Gasteiger partial charge in [0, 0.05) is 18.2 Å². The van der Waals surface area contributed by atoms with Crippen molar-refractivity contribution in [1.82, 2.24) is 9.55 Å². The zero-order valence-electron chi connectivity index (χ0n) is 14.2. The first-order valence-electron chi connectivity index (χ1n) is 8.12. The number of methoxy groups -OCH3 is 1. The smallest absolute Gasteiger partial charge is 0.316 e. The first kappa shape index (κ1) is 18.1. The summed E-state index contributed by atoms with van der Waals surface area (Å²) in [6, 6.07) is 10.0. The maximum atomic E-state index is 12.9. The number of hydrogen-bond acceptors (Lipinski definition) is 6. The van der Waals surface area contributed by atoms with Crippen LogP contribution in [0, 0.1) is 0 Å². The van der Waals surface area contributed by atoms with E-state index in [1.54, 1.807) is 16.3 Å². The van der Waals surface area contributed by atoms with Crippen molar-refractivity contribution in [2.45, 2.75) is 41.6 Å². The number of thioether (sulfide) groups is 2. The molecule has 1 aliphatic rings. The number of aryl methyl sites for hydroxylation is 1. The van der Waals surface area contributed by atoms with E-state index in [1.165, 1.54) is 24.4 Å². The van der Waals surface area contributed by atoms with Crippen molar-refractivity contribution in [3.63, 3.8) is 0 Å². The molecule has 132 valence electrons. The minimum absolute atomic E-state index is 0.00245. The molecule has 1 aliphatic heterocycles. The van der Waals surface area contributed by atoms with Crippen molar-refractivity contribution in [2.75, 3.05) is 12.9 Å². The molecular weight excluding hydrogens is 356 g/mol. The molecule has 0 saturated heterocycles. The molecule has 1 atom stereocenters. The largest absolute Gasteiger partial charge is 0.468 e. The third kappa shape index (κ3) is 4.27. The molecule has 0 spiro atoms. The number of hydrogen-bond donors (Lipinski definition) is 0. The molecule has 2 aromatic rings. The van der Waals surface area contributed by atoms with Crippen LogP contribution in [0.15, 0.2) is 45.2 Å². The van der Waals surface area contributed by atoms with Crippen LogP contribution in [0.4, 0.5) is 0 Å². The summed E-state index contributed by atoms with van der Waals surface area (Å²) in [5.74, 6) is -0.174. The molecule has 7 heteroatoms. The fraction of sp³-hybridized carbons (Fsp3) is 0.389. The van der Waals surface area contributed by atoms with Crippen molar-refractivity contribution >= 4 is 29.5 Å². The number of aromatic nitrogens is 2. The molecule has 3 rings (SSSR count). The van der Waals surface area contributed by atoms with E-state index in [1.807, 2.05) is 30.3 Å². The highest BCUT2D eigenvalue weighted by Gasteiger charge is 2.26. The van der Waals surface area contributed by atoms with Gasteiger partial charge in [0.15, 0.2) is 5.16 Å². The molecule has 0 amide bonds. The standard InChI is InChI=1S/C18H20N2O3S2/c1-12-10-14-16(25-12)17(22)20(9-8-13-6-4-3-5-7-13)18(19-14)24-11-15(21)23-2/h3-7,12H,8-11H2,1-2H3. The number of carbonyl (C=O) groups is 1. The van der Waals surface area contributed by atoms with Crippen molar-refractivity contribution in [3.8, 4) is 0 Å². The molecule has 0 radical (unpaired) electrons. The first-order chi connectivity index (χ1) is 12.1. The zero-order valence-corrected chi connectivity index (χ0v) is 15.9. The number of benzene rings is 1. The second kappa shape index (κ2) is 8.10. The first-order valence-corrected chi connectivity index (χ1v) is 9.99. The molecule has 25 heavy (non-hydrogen) atoms. The molecule has 0 saturated carbocycles. The summed E-state index contributed by atoms with van der Waals surface area (Å²) in [6.07, 6.45) is 1.54. The Labute approximate surface area is 155 Å². The van der Waals surface area contributed by atoms with Gasteiger partial charge in [0.2, 0.25) is 0 Å². The Morgan fingerprint density at radius 3 is 2.88 bits per heavy atom.